The molecule has 2 aromatic heterocycles. The van der Waals surface area contributed by atoms with Gasteiger partial charge in [-0.1, -0.05) is 17.7 Å². The van der Waals surface area contributed by atoms with Crippen LogP contribution in [0.15, 0.2) is 24.4 Å². The Balaban J connectivity index is 2.58. The van der Waals surface area contributed by atoms with Crippen molar-refractivity contribution < 1.29 is 0 Å². The molecule has 0 saturated carbocycles. The van der Waals surface area contributed by atoms with Crippen LogP contribution < -0.4 is 0 Å². The minimum Gasteiger partial charge on any atom is -0.237 e. The summed E-state index contributed by atoms with van der Waals surface area (Å²) in [6.45, 7) is 3.88. The van der Waals surface area contributed by atoms with Crippen LogP contribution in [0, 0.1) is 13.8 Å². The van der Waals surface area contributed by atoms with E-state index in [4.69, 9.17) is 11.6 Å². The smallest absolute Gasteiger partial charge is 0.155 e. The molecular formula is C10H10ClN3. The first kappa shape index (κ1) is 9.21. The molecule has 0 fully saturated rings. The maximum absolute atomic E-state index is 6.11. The third kappa shape index (κ3) is 1.40. The lowest BCUT2D eigenvalue weighted by atomic mass is 10.3. The number of hydrogen-bond acceptors (Lipinski definition) is 2. The molecule has 0 aliphatic heterocycles. The van der Waals surface area contributed by atoms with Crippen molar-refractivity contribution in [2.45, 2.75) is 13.8 Å². The summed E-state index contributed by atoms with van der Waals surface area (Å²) in [6, 6.07) is 5.64. The Kier molecular flexibility index (Phi) is 2.25. The highest BCUT2D eigenvalue weighted by atomic mass is 35.5. The Morgan fingerprint density at radius 1 is 1.29 bits per heavy atom. The van der Waals surface area contributed by atoms with Crippen LogP contribution in [0.5, 0.6) is 0 Å². The van der Waals surface area contributed by atoms with Crippen molar-refractivity contribution in [3.8, 4) is 5.82 Å². The Labute approximate surface area is 87.3 Å². The van der Waals surface area contributed by atoms with E-state index in [2.05, 4.69) is 10.1 Å². The molecule has 0 spiro atoms. The second-order valence-electron chi connectivity index (χ2n) is 3.10. The number of halogens is 1. The third-order valence-electron chi connectivity index (χ3n) is 2.15. The molecule has 4 heteroatoms. The lowest BCUT2D eigenvalue weighted by Gasteiger charge is -2.00. The SMILES string of the molecule is Cc1nn(-c2ccccn2)c(Cl)c1C. The zero-order chi connectivity index (χ0) is 10.1. The van der Waals surface area contributed by atoms with E-state index in [1.165, 1.54) is 0 Å². The van der Waals surface area contributed by atoms with Crippen LogP contribution >= 0.6 is 11.6 Å². The van der Waals surface area contributed by atoms with E-state index in [1.54, 1.807) is 10.9 Å². The first-order valence-electron chi connectivity index (χ1n) is 4.33. The van der Waals surface area contributed by atoms with Crippen molar-refractivity contribution in [1.82, 2.24) is 14.8 Å². The number of pyridine rings is 1. The van der Waals surface area contributed by atoms with Crippen molar-refractivity contribution in [2.24, 2.45) is 0 Å². The van der Waals surface area contributed by atoms with Crippen LogP contribution in [0.1, 0.15) is 11.3 Å². The lowest BCUT2D eigenvalue weighted by Crippen LogP contribution is -1.98. The van der Waals surface area contributed by atoms with E-state index in [1.807, 2.05) is 32.0 Å². The van der Waals surface area contributed by atoms with Gasteiger partial charge in [-0.05, 0) is 26.0 Å². The molecule has 0 saturated heterocycles. The molecule has 2 aromatic rings. The van der Waals surface area contributed by atoms with Gasteiger partial charge in [-0.2, -0.15) is 5.10 Å². The van der Waals surface area contributed by atoms with Crippen LogP contribution in [0.3, 0.4) is 0 Å². The molecule has 0 amide bonds. The first-order valence-corrected chi connectivity index (χ1v) is 4.71. The van der Waals surface area contributed by atoms with Gasteiger partial charge in [-0.25, -0.2) is 9.67 Å². The highest BCUT2D eigenvalue weighted by Crippen LogP contribution is 2.20. The highest BCUT2D eigenvalue weighted by molar-refractivity contribution is 6.30. The van der Waals surface area contributed by atoms with Crippen molar-refractivity contribution in [3.05, 3.63) is 40.8 Å². The third-order valence-corrected chi connectivity index (χ3v) is 2.60. The fraction of sp³-hybridized carbons (Fsp3) is 0.200. The predicted molar refractivity (Wildman–Crippen MR) is 55.8 cm³/mol. The molecule has 0 N–H and O–H groups in total. The van der Waals surface area contributed by atoms with Gasteiger partial charge in [0.05, 0.1) is 5.69 Å². The fourth-order valence-electron chi connectivity index (χ4n) is 1.21. The summed E-state index contributed by atoms with van der Waals surface area (Å²) in [5.41, 5.74) is 1.93. The second-order valence-corrected chi connectivity index (χ2v) is 3.46. The highest BCUT2D eigenvalue weighted by Gasteiger charge is 2.10. The molecule has 0 unspecified atom stereocenters. The van der Waals surface area contributed by atoms with Gasteiger partial charge in [0.2, 0.25) is 0 Å². The molecule has 72 valence electrons. The standard InChI is InChI=1S/C10H10ClN3/c1-7-8(2)13-14(10(7)11)9-5-3-4-6-12-9/h3-6H,1-2H3. The van der Waals surface area contributed by atoms with E-state index in [0.29, 0.717) is 5.15 Å². The molecule has 0 aliphatic rings. The Morgan fingerprint density at radius 2 is 2.07 bits per heavy atom. The minimum atomic E-state index is 0.626. The van der Waals surface area contributed by atoms with Crippen LogP contribution in [0.25, 0.3) is 5.82 Å². The van der Waals surface area contributed by atoms with Crippen LogP contribution in [0.2, 0.25) is 5.15 Å². The number of hydrogen-bond donors (Lipinski definition) is 0. The van der Waals surface area contributed by atoms with Gasteiger partial charge in [0, 0.05) is 11.8 Å². The second kappa shape index (κ2) is 3.42. The molecule has 0 radical (unpaired) electrons. The summed E-state index contributed by atoms with van der Waals surface area (Å²) in [6.07, 6.45) is 1.72. The van der Waals surface area contributed by atoms with Gasteiger partial charge >= 0.3 is 0 Å². The normalized spacial score (nSPS) is 10.5. The Morgan fingerprint density at radius 3 is 2.57 bits per heavy atom. The fourth-order valence-corrected chi connectivity index (χ4v) is 1.47. The van der Waals surface area contributed by atoms with Gasteiger partial charge in [0.25, 0.3) is 0 Å². The summed E-state index contributed by atoms with van der Waals surface area (Å²) in [5.74, 6) is 0.744. The maximum Gasteiger partial charge on any atom is 0.155 e. The summed E-state index contributed by atoms with van der Waals surface area (Å²) >= 11 is 6.11. The van der Waals surface area contributed by atoms with E-state index in [9.17, 15) is 0 Å². The average Bonchev–Trinajstić information content (AvgIpc) is 2.47. The molecule has 0 bridgehead atoms. The van der Waals surface area contributed by atoms with Crippen molar-refractivity contribution in [1.29, 1.82) is 0 Å². The summed E-state index contributed by atoms with van der Waals surface area (Å²) in [7, 11) is 0. The topological polar surface area (TPSA) is 30.7 Å². The molecule has 0 atom stereocenters. The quantitative estimate of drug-likeness (QED) is 0.720. The number of nitrogens with zero attached hydrogens (tertiary/aromatic N) is 3. The van der Waals surface area contributed by atoms with Crippen molar-refractivity contribution in [2.75, 3.05) is 0 Å². The van der Waals surface area contributed by atoms with E-state index >= 15 is 0 Å². The minimum absolute atomic E-state index is 0.626. The zero-order valence-electron chi connectivity index (χ0n) is 8.03. The molecule has 0 aromatic carbocycles. The van der Waals surface area contributed by atoms with E-state index < -0.39 is 0 Å². The van der Waals surface area contributed by atoms with Gasteiger partial charge in [0.15, 0.2) is 5.82 Å². The Hall–Kier alpha value is -1.35. The molecule has 2 rings (SSSR count). The van der Waals surface area contributed by atoms with Crippen molar-refractivity contribution in [3.63, 3.8) is 0 Å². The lowest BCUT2D eigenvalue weighted by molar-refractivity contribution is 0.833. The number of rotatable bonds is 1. The summed E-state index contributed by atoms with van der Waals surface area (Å²) in [4.78, 5) is 4.18. The predicted octanol–water partition coefficient (Wildman–Crippen LogP) is 2.54. The number of aromatic nitrogens is 3. The molecule has 3 nitrogen and oxygen atoms in total. The maximum atomic E-state index is 6.11. The molecule has 14 heavy (non-hydrogen) atoms. The summed E-state index contributed by atoms with van der Waals surface area (Å²) < 4.78 is 1.65. The average molecular weight is 208 g/mol. The molecular weight excluding hydrogens is 198 g/mol. The first-order chi connectivity index (χ1) is 6.70. The zero-order valence-corrected chi connectivity index (χ0v) is 8.78. The van der Waals surface area contributed by atoms with E-state index in [0.717, 1.165) is 17.1 Å². The van der Waals surface area contributed by atoms with Gasteiger partial charge in [-0.15, -0.1) is 0 Å². The summed E-state index contributed by atoms with van der Waals surface area (Å²) in [5, 5.41) is 4.93. The van der Waals surface area contributed by atoms with Gasteiger partial charge in [-0.3, -0.25) is 0 Å². The van der Waals surface area contributed by atoms with Crippen LogP contribution in [-0.2, 0) is 0 Å². The monoisotopic (exact) mass is 207 g/mol. The van der Waals surface area contributed by atoms with Crippen molar-refractivity contribution >= 4 is 11.6 Å². The van der Waals surface area contributed by atoms with Crippen LogP contribution in [-0.4, -0.2) is 14.8 Å². The van der Waals surface area contributed by atoms with Gasteiger partial charge < -0.3 is 0 Å². The largest absolute Gasteiger partial charge is 0.237 e. The Bertz CT molecular complexity index is 448. The number of aryl methyl sites for hydroxylation is 1. The van der Waals surface area contributed by atoms with E-state index in [-0.39, 0.29) is 0 Å². The molecule has 2 heterocycles. The van der Waals surface area contributed by atoms with Gasteiger partial charge in [0.1, 0.15) is 5.15 Å². The van der Waals surface area contributed by atoms with Crippen LogP contribution in [0.4, 0.5) is 0 Å². The molecule has 0 aliphatic carbocycles.